The van der Waals surface area contributed by atoms with Crippen LogP contribution in [-0.2, 0) is 19.6 Å². The largest absolute Gasteiger partial charge is 0.461 e. The van der Waals surface area contributed by atoms with Crippen LogP contribution in [0, 0.1) is 0 Å². The van der Waals surface area contributed by atoms with Crippen molar-refractivity contribution >= 4 is 27.0 Å². The van der Waals surface area contributed by atoms with E-state index in [4.69, 9.17) is 18.8 Å². The first kappa shape index (κ1) is 11.5. The molecule has 1 aromatic rings. The van der Waals surface area contributed by atoms with E-state index in [2.05, 4.69) is 4.98 Å². The van der Waals surface area contributed by atoms with E-state index in [1.807, 2.05) is 0 Å². The Labute approximate surface area is 106 Å². The highest BCUT2D eigenvalue weighted by Crippen LogP contribution is 2.41. The summed E-state index contributed by atoms with van der Waals surface area (Å²) in [7, 11) is -4.19. The highest BCUT2D eigenvalue weighted by Gasteiger charge is 2.32. The molecular formula is C9H7NO6S2. The number of hydrogen-bond donors (Lipinski definition) is 1. The van der Waals surface area contributed by atoms with Crippen LogP contribution in [0.3, 0.4) is 0 Å². The molecule has 0 saturated heterocycles. The lowest BCUT2D eigenvalue weighted by atomic mass is 10.1. The maximum Gasteiger partial charge on any atom is 0.269 e. The minimum atomic E-state index is -4.19. The van der Waals surface area contributed by atoms with Gasteiger partial charge in [0.05, 0.1) is 5.51 Å². The van der Waals surface area contributed by atoms with Gasteiger partial charge in [-0.2, -0.15) is 8.42 Å². The minimum Gasteiger partial charge on any atom is -0.461 e. The van der Waals surface area contributed by atoms with Crippen LogP contribution in [0.4, 0.5) is 0 Å². The van der Waals surface area contributed by atoms with Crippen LogP contribution in [0.15, 0.2) is 23.3 Å². The Bertz CT molecular complexity index is 656. The molecule has 0 fully saturated rings. The average molecular weight is 289 g/mol. The van der Waals surface area contributed by atoms with Gasteiger partial charge in [0.25, 0.3) is 10.1 Å². The van der Waals surface area contributed by atoms with Crippen LogP contribution in [0.25, 0.3) is 5.57 Å². The lowest BCUT2D eigenvalue weighted by Gasteiger charge is -2.24. The Morgan fingerprint density at radius 3 is 3.11 bits per heavy atom. The number of thiazole rings is 1. The molecule has 2 aliphatic rings. The molecule has 1 aromatic heterocycles. The van der Waals surface area contributed by atoms with Gasteiger partial charge in [-0.05, 0) is 0 Å². The zero-order valence-electron chi connectivity index (χ0n) is 8.82. The van der Waals surface area contributed by atoms with Gasteiger partial charge < -0.3 is 14.2 Å². The Hall–Kier alpha value is -1.58. The zero-order chi connectivity index (χ0) is 12.8. The molecule has 0 aliphatic carbocycles. The van der Waals surface area contributed by atoms with Crippen molar-refractivity contribution < 1.29 is 27.2 Å². The van der Waals surface area contributed by atoms with Gasteiger partial charge in [0.15, 0.2) is 5.76 Å². The lowest BCUT2D eigenvalue weighted by Crippen LogP contribution is -2.20. The monoisotopic (exact) mass is 289 g/mol. The second kappa shape index (κ2) is 3.97. The summed E-state index contributed by atoms with van der Waals surface area (Å²) < 4.78 is 46.7. The van der Waals surface area contributed by atoms with Crippen molar-refractivity contribution in [3.8, 4) is 5.06 Å². The first-order chi connectivity index (χ1) is 8.54. The van der Waals surface area contributed by atoms with Crippen molar-refractivity contribution in [2.75, 3.05) is 12.5 Å². The van der Waals surface area contributed by atoms with E-state index in [1.165, 1.54) is 23.1 Å². The summed E-state index contributed by atoms with van der Waals surface area (Å²) in [5.74, 6) is -0.0753. The number of nitrogens with zero attached hydrogens (tertiary/aromatic N) is 1. The van der Waals surface area contributed by atoms with E-state index < -0.39 is 15.9 Å². The molecule has 0 atom stereocenters. The van der Waals surface area contributed by atoms with Crippen molar-refractivity contribution in [1.29, 1.82) is 0 Å². The molecule has 0 spiro atoms. The van der Waals surface area contributed by atoms with Gasteiger partial charge in [-0.25, -0.2) is 4.98 Å². The van der Waals surface area contributed by atoms with Crippen LogP contribution in [0.5, 0.6) is 5.06 Å². The molecule has 0 unspecified atom stereocenters. The van der Waals surface area contributed by atoms with E-state index in [-0.39, 0.29) is 23.9 Å². The van der Waals surface area contributed by atoms with Crippen molar-refractivity contribution in [2.45, 2.75) is 0 Å². The van der Waals surface area contributed by atoms with Crippen molar-refractivity contribution in [3.05, 3.63) is 29.0 Å². The summed E-state index contributed by atoms with van der Waals surface area (Å²) in [6.07, 6.45) is 1.34. The van der Waals surface area contributed by atoms with Gasteiger partial charge in [-0.3, -0.25) is 4.55 Å². The fourth-order valence-electron chi connectivity index (χ4n) is 1.67. The van der Waals surface area contributed by atoms with Gasteiger partial charge in [-0.1, -0.05) is 11.3 Å². The molecule has 0 saturated carbocycles. The van der Waals surface area contributed by atoms with E-state index in [0.717, 1.165) is 0 Å². The first-order valence-corrected chi connectivity index (χ1v) is 7.28. The topological polar surface area (TPSA) is 95.0 Å². The molecule has 9 heteroatoms. The molecule has 3 heterocycles. The highest BCUT2D eigenvalue weighted by atomic mass is 32.2. The molecule has 0 bridgehead atoms. The summed E-state index contributed by atoms with van der Waals surface area (Å²) in [6.45, 7) is -0.0450. The number of hydrogen-bond acceptors (Lipinski definition) is 7. The maximum absolute atomic E-state index is 11.1. The standard InChI is InChI=1S/C9H7NO6S2/c11-18(12,13)2-5-7-9(17-3-10-7)16-6-1-14-4-15-8(5)6/h1,3H,2,4H2,(H,11,12,13). The zero-order valence-corrected chi connectivity index (χ0v) is 10.5. The normalized spacial score (nSPS) is 17.9. The predicted octanol–water partition coefficient (Wildman–Crippen LogP) is 0.980. The van der Waals surface area contributed by atoms with Crippen LogP contribution < -0.4 is 4.74 Å². The van der Waals surface area contributed by atoms with Gasteiger partial charge in [0, 0.05) is 5.57 Å². The van der Waals surface area contributed by atoms with Crippen molar-refractivity contribution in [1.82, 2.24) is 4.98 Å². The highest BCUT2D eigenvalue weighted by molar-refractivity contribution is 7.86. The second-order valence-electron chi connectivity index (χ2n) is 3.54. The Morgan fingerprint density at radius 1 is 1.50 bits per heavy atom. The summed E-state index contributed by atoms with van der Waals surface area (Å²) in [4.78, 5) is 4.03. The average Bonchev–Trinajstić information content (AvgIpc) is 2.75. The van der Waals surface area contributed by atoms with E-state index in [0.29, 0.717) is 10.8 Å². The molecule has 3 rings (SSSR count). The fourth-order valence-corrected chi connectivity index (χ4v) is 2.98. The third-order valence-electron chi connectivity index (χ3n) is 2.31. The molecule has 1 N–H and O–H groups in total. The van der Waals surface area contributed by atoms with Gasteiger partial charge in [0.1, 0.15) is 17.7 Å². The van der Waals surface area contributed by atoms with Crippen molar-refractivity contribution in [3.63, 3.8) is 0 Å². The van der Waals surface area contributed by atoms with E-state index >= 15 is 0 Å². The molecule has 0 aromatic carbocycles. The minimum absolute atomic E-state index is 0.0450. The Balaban J connectivity index is 2.17. The predicted molar refractivity (Wildman–Crippen MR) is 61.2 cm³/mol. The summed E-state index contributed by atoms with van der Waals surface area (Å²) in [6, 6.07) is 0. The number of aromatic nitrogens is 1. The molecule has 0 radical (unpaired) electrons. The van der Waals surface area contributed by atoms with Crippen LogP contribution in [0.1, 0.15) is 5.69 Å². The van der Waals surface area contributed by atoms with Crippen molar-refractivity contribution in [2.24, 2.45) is 0 Å². The van der Waals surface area contributed by atoms with Gasteiger partial charge in [0.2, 0.25) is 17.6 Å². The van der Waals surface area contributed by atoms with E-state index in [9.17, 15) is 8.42 Å². The van der Waals surface area contributed by atoms with Gasteiger partial charge >= 0.3 is 0 Å². The third-order valence-corrected chi connectivity index (χ3v) is 3.66. The van der Waals surface area contributed by atoms with Crippen LogP contribution in [0.2, 0.25) is 0 Å². The molecule has 96 valence electrons. The molecule has 0 amide bonds. The summed E-state index contributed by atoms with van der Waals surface area (Å²) in [5, 5.41) is 0.442. The SMILES string of the molecule is O=S(=O)(O)CC1=C2OCOC=C2Oc2scnc21. The van der Waals surface area contributed by atoms with Crippen LogP contribution >= 0.6 is 11.3 Å². The number of ether oxygens (including phenoxy) is 3. The Morgan fingerprint density at radius 2 is 2.33 bits per heavy atom. The summed E-state index contributed by atoms with van der Waals surface area (Å²) >= 11 is 1.21. The first-order valence-electron chi connectivity index (χ1n) is 4.79. The molecule has 18 heavy (non-hydrogen) atoms. The number of fused-ring (bicyclic) bond motifs is 2. The molecule has 2 aliphatic heterocycles. The second-order valence-corrected chi connectivity index (χ2v) is 5.81. The van der Waals surface area contributed by atoms with Gasteiger partial charge in [-0.15, -0.1) is 0 Å². The maximum atomic E-state index is 11.1. The fraction of sp³-hybridized carbons (Fsp3) is 0.222. The lowest BCUT2D eigenvalue weighted by molar-refractivity contribution is 0.00274. The smallest absolute Gasteiger partial charge is 0.269 e. The van der Waals surface area contributed by atoms with E-state index in [1.54, 1.807) is 0 Å². The summed E-state index contributed by atoms with van der Waals surface area (Å²) in [5.41, 5.74) is 2.16. The third kappa shape index (κ3) is 1.96. The molecule has 7 nitrogen and oxygen atoms in total. The quantitative estimate of drug-likeness (QED) is 0.811. The Kier molecular flexibility index (Phi) is 2.54. The number of rotatable bonds is 2. The van der Waals surface area contributed by atoms with Crippen LogP contribution in [-0.4, -0.2) is 30.5 Å². The molecular weight excluding hydrogens is 282 g/mol.